The molecule has 0 atom stereocenters. The van der Waals surface area contributed by atoms with Gasteiger partial charge in [-0.15, -0.1) is 0 Å². The second-order valence-electron chi connectivity index (χ2n) is 7.47. The van der Waals surface area contributed by atoms with Gasteiger partial charge in [-0.25, -0.2) is 4.79 Å². The Kier molecular flexibility index (Phi) is 8.28. The highest BCUT2D eigenvalue weighted by Gasteiger charge is 2.22. The molecule has 0 saturated heterocycles. The molecular weight excluding hydrogens is 388 g/mol. The van der Waals surface area contributed by atoms with Gasteiger partial charge in [-0.05, 0) is 87.2 Å². The Bertz CT molecular complexity index is 742. The van der Waals surface area contributed by atoms with Gasteiger partial charge in [0.25, 0.3) is 0 Å². The van der Waals surface area contributed by atoms with Gasteiger partial charge in [0, 0.05) is 0 Å². The zero-order valence-electron chi connectivity index (χ0n) is 17.4. The van der Waals surface area contributed by atoms with E-state index in [1.54, 1.807) is 55.6 Å². The fraction of sp³-hybridized carbons (Fsp3) is 0.381. The number of carbonyl (C=O) groups excluding carboxylic acids is 1. The van der Waals surface area contributed by atoms with E-state index >= 15 is 0 Å². The fourth-order valence-corrected chi connectivity index (χ4v) is 9.45. The minimum absolute atomic E-state index is 0.403. The van der Waals surface area contributed by atoms with E-state index in [-0.39, 0.29) is 0 Å². The molecule has 2 rings (SSSR count). The van der Waals surface area contributed by atoms with Crippen molar-refractivity contribution >= 4 is 23.3 Å². The first-order chi connectivity index (χ1) is 13.3. The van der Waals surface area contributed by atoms with Crippen LogP contribution < -0.4 is 14.2 Å². The standard InChI is InChI=1S/C21H30O5Si2/c1-23-18-11-13-20(14-12-18)25-21(22)17-7-9-19(10-8-17)24-15-6-16-28(4,5)26-27(2)3/h7-14,27H,6,15-16H2,1-5H3. The van der Waals surface area contributed by atoms with Crippen LogP contribution in [-0.4, -0.2) is 37.0 Å². The highest BCUT2D eigenvalue weighted by atomic mass is 28.4. The molecule has 152 valence electrons. The molecular formula is C21H30O5Si2. The van der Waals surface area contributed by atoms with Crippen molar-refractivity contribution in [1.82, 2.24) is 0 Å². The first-order valence-electron chi connectivity index (χ1n) is 9.56. The highest BCUT2D eigenvalue weighted by molar-refractivity contribution is 6.77. The quantitative estimate of drug-likeness (QED) is 0.238. The molecule has 0 heterocycles. The summed E-state index contributed by atoms with van der Waals surface area (Å²) in [6, 6.07) is 15.0. The van der Waals surface area contributed by atoms with Crippen LogP contribution in [-0.2, 0) is 4.12 Å². The maximum absolute atomic E-state index is 12.2. The van der Waals surface area contributed by atoms with Crippen molar-refractivity contribution in [2.24, 2.45) is 0 Å². The summed E-state index contributed by atoms with van der Waals surface area (Å²) in [6.45, 7) is 9.61. The second-order valence-corrected chi connectivity index (χ2v) is 14.5. The summed E-state index contributed by atoms with van der Waals surface area (Å²) in [5.74, 6) is 1.54. The van der Waals surface area contributed by atoms with Crippen molar-refractivity contribution in [3.05, 3.63) is 54.1 Å². The van der Waals surface area contributed by atoms with Gasteiger partial charge in [0.15, 0.2) is 17.4 Å². The molecule has 5 nitrogen and oxygen atoms in total. The van der Waals surface area contributed by atoms with Crippen LogP contribution in [0.5, 0.6) is 17.2 Å². The Hall–Kier alpha value is -2.10. The molecule has 0 unspecified atom stereocenters. The highest BCUT2D eigenvalue weighted by Crippen LogP contribution is 2.20. The smallest absolute Gasteiger partial charge is 0.343 e. The van der Waals surface area contributed by atoms with E-state index in [1.807, 2.05) is 0 Å². The fourth-order valence-electron chi connectivity index (χ4n) is 2.88. The molecule has 0 fully saturated rings. The van der Waals surface area contributed by atoms with Crippen molar-refractivity contribution in [1.29, 1.82) is 0 Å². The first kappa shape index (κ1) is 22.2. The van der Waals surface area contributed by atoms with Crippen LogP contribution in [0.3, 0.4) is 0 Å². The lowest BCUT2D eigenvalue weighted by atomic mass is 10.2. The number of hydrogen-bond acceptors (Lipinski definition) is 5. The van der Waals surface area contributed by atoms with Crippen molar-refractivity contribution in [3.63, 3.8) is 0 Å². The molecule has 0 aromatic heterocycles. The van der Waals surface area contributed by atoms with Gasteiger partial charge >= 0.3 is 5.97 Å². The minimum atomic E-state index is -1.56. The maximum atomic E-state index is 12.2. The van der Waals surface area contributed by atoms with E-state index in [9.17, 15) is 4.79 Å². The number of ether oxygens (including phenoxy) is 3. The van der Waals surface area contributed by atoms with E-state index in [2.05, 4.69) is 26.2 Å². The van der Waals surface area contributed by atoms with Gasteiger partial charge < -0.3 is 18.3 Å². The summed E-state index contributed by atoms with van der Waals surface area (Å²) >= 11 is 0. The monoisotopic (exact) mass is 418 g/mol. The number of rotatable bonds is 10. The molecule has 28 heavy (non-hydrogen) atoms. The van der Waals surface area contributed by atoms with Gasteiger partial charge in [0.05, 0.1) is 19.3 Å². The van der Waals surface area contributed by atoms with Crippen LogP contribution in [0.4, 0.5) is 0 Å². The Labute approximate surface area is 170 Å². The predicted molar refractivity (Wildman–Crippen MR) is 117 cm³/mol. The summed E-state index contributed by atoms with van der Waals surface area (Å²) in [4.78, 5) is 12.2. The molecule has 2 aromatic carbocycles. The molecule has 0 amide bonds. The lowest BCUT2D eigenvalue weighted by Gasteiger charge is -2.25. The molecule has 0 aliphatic carbocycles. The number of methoxy groups -OCH3 is 1. The van der Waals surface area contributed by atoms with Crippen LogP contribution in [0.15, 0.2) is 48.5 Å². The molecule has 2 aromatic rings. The molecule has 0 aliphatic rings. The van der Waals surface area contributed by atoms with E-state index in [1.165, 1.54) is 0 Å². The van der Waals surface area contributed by atoms with Crippen LogP contribution in [0.1, 0.15) is 16.8 Å². The largest absolute Gasteiger partial charge is 0.497 e. The third-order valence-corrected chi connectivity index (χ3v) is 10.1. The average Bonchev–Trinajstić information content (AvgIpc) is 2.65. The Morgan fingerprint density at radius 3 is 2.07 bits per heavy atom. The normalized spacial score (nSPS) is 11.4. The Balaban J connectivity index is 1.79. The molecule has 0 N–H and O–H groups in total. The summed E-state index contributed by atoms with van der Waals surface area (Å²) < 4.78 is 22.4. The molecule has 0 aliphatic heterocycles. The number of esters is 1. The Morgan fingerprint density at radius 2 is 1.50 bits per heavy atom. The summed E-state index contributed by atoms with van der Waals surface area (Å²) in [7, 11) is -0.949. The van der Waals surface area contributed by atoms with Gasteiger partial charge in [0.1, 0.15) is 17.2 Å². The second kappa shape index (κ2) is 10.4. The third-order valence-electron chi connectivity index (χ3n) is 4.11. The number of carbonyl (C=O) groups is 1. The third kappa shape index (κ3) is 7.49. The van der Waals surface area contributed by atoms with Crippen LogP contribution in [0.25, 0.3) is 0 Å². The summed E-state index contributed by atoms with van der Waals surface area (Å²) in [5.41, 5.74) is 0.479. The predicted octanol–water partition coefficient (Wildman–Crippen LogP) is 4.89. The number of hydrogen-bond donors (Lipinski definition) is 0. The maximum Gasteiger partial charge on any atom is 0.343 e. The summed E-state index contributed by atoms with van der Waals surface area (Å²) in [5, 5.41) is 0. The van der Waals surface area contributed by atoms with Crippen molar-refractivity contribution in [2.45, 2.75) is 38.7 Å². The minimum Gasteiger partial charge on any atom is -0.497 e. The van der Waals surface area contributed by atoms with Crippen molar-refractivity contribution < 1.29 is 23.1 Å². The lowest BCUT2D eigenvalue weighted by Crippen LogP contribution is -2.35. The van der Waals surface area contributed by atoms with E-state index in [0.717, 1.165) is 18.2 Å². The van der Waals surface area contributed by atoms with E-state index < -0.39 is 23.3 Å². The SMILES string of the molecule is COc1ccc(OC(=O)c2ccc(OCCC[Si](C)(C)O[SiH](C)C)cc2)cc1. The average molecular weight is 419 g/mol. The molecule has 7 heteroatoms. The topological polar surface area (TPSA) is 54.0 Å². The molecule has 0 bridgehead atoms. The first-order valence-corrected chi connectivity index (χ1v) is 15.5. The molecule has 0 saturated carbocycles. The molecule has 0 radical (unpaired) electrons. The van der Waals surface area contributed by atoms with Crippen LogP contribution >= 0.6 is 0 Å². The number of benzene rings is 2. The van der Waals surface area contributed by atoms with E-state index in [4.69, 9.17) is 18.3 Å². The van der Waals surface area contributed by atoms with Gasteiger partial charge in [-0.1, -0.05) is 0 Å². The molecule has 0 spiro atoms. The van der Waals surface area contributed by atoms with Crippen LogP contribution in [0, 0.1) is 0 Å². The van der Waals surface area contributed by atoms with Gasteiger partial charge in [-0.3, -0.25) is 0 Å². The zero-order valence-corrected chi connectivity index (χ0v) is 19.5. The van der Waals surface area contributed by atoms with E-state index in [0.29, 0.717) is 23.7 Å². The van der Waals surface area contributed by atoms with Gasteiger partial charge in [-0.2, -0.15) is 0 Å². The van der Waals surface area contributed by atoms with Crippen LogP contribution in [0.2, 0.25) is 32.2 Å². The lowest BCUT2D eigenvalue weighted by molar-refractivity contribution is 0.0734. The van der Waals surface area contributed by atoms with Crippen molar-refractivity contribution in [3.8, 4) is 17.2 Å². The van der Waals surface area contributed by atoms with Gasteiger partial charge in [0.2, 0.25) is 0 Å². The zero-order chi connectivity index (χ0) is 20.6. The van der Waals surface area contributed by atoms with Crippen molar-refractivity contribution in [2.75, 3.05) is 13.7 Å². The Morgan fingerprint density at radius 1 is 0.929 bits per heavy atom. The summed E-state index contributed by atoms with van der Waals surface area (Å²) in [6.07, 6.45) is 0.974.